The van der Waals surface area contributed by atoms with Gasteiger partial charge in [-0.3, -0.25) is 0 Å². The number of para-hydroxylation sites is 2. The van der Waals surface area contributed by atoms with Gasteiger partial charge in [0.05, 0.1) is 5.69 Å². The summed E-state index contributed by atoms with van der Waals surface area (Å²) in [5.74, 6) is 1.69. The van der Waals surface area contributed by atoms with Crippen LogP contribution in [0.15, 0.2) is 218 Å². The molecule has 9 aromatic carbocycles. The van der Waals surface area contributed by atoms with Gasteiger partial charge < -0.3 is 14.5 Å². The van der Waals surface area contributed by atoms with Gasteiger partial charge in [0.1, 0.15) is 11.5 Å². The molecule has 0 saturated heterocycles. The molecule has 1 aliphatic rings. The molecule has 0 N–H and O–H groups in total. The highest BCUT2D eigenvalue weighted by atomic mass is 16.5. The number of rotatable bonds is 8. The van der Waals surface area contributed by atoms with E-state index in [4.69, 9.17) is 4.74 Å². The maximum Gasteiger partial charge on any atom is 0.137 e. The van der Waals surface area contributed by atoms with E-state index in [-0.39, 0.29) is 0 Å². The van der Waals surface area contributed by atoms with E-state index in [0.29, 0.717) is 0 Å². The molecule has 0 aliphatic carbocycles. The molecule has 0 fully saturated rings. The van der Waals surface area contributed by atoms with Crippen LogP contribution in [0.4, 0.5) is 34.1 Å². The first-order valence-corrected chi connectivity index (χ1v) is 18.7. The van der Waals surface area contributed by atoms with Crippen LogP contribution in [0.25, 0.3) is 44.2 Å². The van der Waals surface area contributed by atoms with E-state index in [9.17, 15) is 0 Å². The molecule has 0 bridgehead atoms. The summed E-state index contributed by atoms with van der Waals surface area (Å²) in [6.45, 7) is 0. The van der Waals surface area contributed by atoms with Crippen LogP contribution in [-0.2, 0) is 0 Å². The molecule has 1 aliphatic heterocycles. The minimum Gasteiger partial charge on any atom is -0.456 e. The number of anilines is 6. The molecule has 9 aromatic rings. The van der Waals surface area contributed by atoms with Crippen molar-refractivity contribution in [1.29, 1.82) is 0 Å². The van der Waals surface area contributed by atoms with E-state index in [1.165, 1.54) is 22.3 Å². The highest BCUT2D eigenvalue weighted by molar-refractivity contribution is 6.11. The summed E-state index contributed by atoms with van der Waals surface area (Å²) in [6.07, 6.45) is 0. The zero-order valence-corrected chi connectivity index (χ0v) is 30.1. The average molecular weight is 705 g/mol. The first-order valence-electron chi connectivity index (χ1n) is 18.7. The van der Waals surface area contributed by atoms with Crippen molar-refractivity contribution in [3.8, 4) is 44.9 Å². The monoisotopic (exact) mass is 704 g/mol. The zero-order valence-electron chi connectivity index (χ0n) is 30.1. The van der Waals surface area contributed by atoms with Crippen LogP contribution in [0.3, 0.4) is 0 Å². The summed E-state index contributed by atoms with van der Waals surface area (Å²) < 4.78 is 6.84. The summed E-state index contributed by atoms with van der Waals surface area (Å²) in [4.78, 5) is 4.63. The zero-order chi connectivity index (χ0) is 36.6. The topological polar surface area (TPSA) is 15.7 Å². The fraction of sp³-hybridized carbons (Fsp3) is 0. The molecule has 3 heteroatoms. The summed E-state index contributed by atoms with van der Waals surface area (Å²) in [6, 6.07) is 77.3. The van der Waals surface area contributed by atoms with E-state index in [2.05, 4.69) is 228 Å². The third-order valence-corrected chi connectivity index (χ3v) is 10.4. The molecule has 0 saturated carbocycles. The second-order valence-corrected chi connectivity index (χ2v) is 13.8. The van der Waals surface area contributed by atoms with Crippen LogP contribution in [0.5, 0.6) is 11.5 Å². The van der Waals surface area contributed by atoms with Crippen molar-refractivity contribution in [3.63, 3.8) is 0 Å². The van der Waals surface area contributed by atoms with Crippen LogP contribution in [0.1, 0.15) is 0 Å². The summed E-state index contributed by atoms with van der Waals surface area (Å²) in [5.41, 5.74) is 13.5. The van der Waals surface area contributed by atoms with Gasteiger partial charge in [-0.15, -0.1) is 0 Å². The van der Waals surface area contributed by atoms with Crippen LogP contribution >= 0.6 is 0 Å². The van der Waals surface area contributed by atoms with Gasteiger partial charge in [0.25, 0.3) is 0 Å². The van der Waals surface area contributed by atoms with Gasteiger partial charge in [0.15, 0.2) is 0 Å². The lowest BCUT2D eigenvalue weighted by Crippen LogP contribution is -2.12. The fourth-order valence-electron chi connectivity index (χ4n) is 7.83. The molecular weight excluding hydrogens is 669 g/mol. The van der Waals surface area contributed by atoms with Crippen molar-refractivity contribution in [2.24, 2.45) is 0 Å². The molecule has 3 nitrogen and oxygen atoms in total. The first-order chi connectivity index (χ1) is 27.3. The van der Waals surface area contributed by atoms with Crippen molar-refractivity contribution in [2.45, 2.75) is 0 Å². The van der Waals surface area contributed by atoms with Gasteiger partial charge in [0, 0.05) is 50.8 Å². The number of hydrogen-bond acceptors (Lipinski definition) is 3. The normalized spacial score (nSPS) is 11.4. The second-order valence-electron chi connectivity index (χ2n) is 13.8. The molecule has 0 radical (unpaired) electrons. The number of benzene rings is 9. The van der Waals surface area contributed by atoms with Gasteiger partial charge in [-0.25, -0.2) is 0 Å². The smallest absolute Gasteiger partial charge is 0.137 e. The molecule has 260 valence electrons. The van der Waals surface area contributed by atoms with E-state index < -0.39 is 0 Å². The molecule has 0 unspecified atom stereocenters. The molecule has 0 atom stereocenters. The predicted octanol–water partition coefficient (Wildman–Crippen LogP) is 14.9. The highest BCUT2D eigenvalue weighted by Gasteiger charge is 2.25. The standard InChI is InChI=1S/C52H36N2O/c1-5-14-37(15-6-1)39-24-28-43(29-25-39)54(44-30-26-40(27-31-44)38-16-7-2-8-17-38)49-34-35-50-52-47(22-13-23-48(49)52)46-33-32-45(36-51(46)55-50)53(41-18-9-3-10-19-41)42-20-11-4-12-21-42/h1-36H. The molecule has 0 aromatic heterocycles. The lowest BCUT2D eigenvalue weighted by Gasteiger charge is -2.30. The molecule has 0 amide bonds. The van der Waals surface area contributed by atoms with Crippen molar-refractivity contribution < 1.29 is 4.74 Å². The van der Waals surface area contributed by atoms with Gasteiger partial charge in [-0.1, -0.05) is 140 Å². The Kier molecular flexibility index (Phi) is 8.16. The molecule has 1 heterocycles. The van der Waals surface area contributed by atoms with E-state index in [0.717, 1.165) is 67.5 Å². The number of hydrogen-bond donors (Lipinski definition) is 0. The lowest BCUT2D eigenvalue weighted by atomic mass is 9.93. The maximum absolute atomic E-state index is 6.84. The van der Waals surface area contributed by atoms with Crippen LogP contribution in [0, 0.1) is 0 Å². The summed E-state index contributed by atoms with van der Waals surface area (Å²) in [7, 11) is 0. The Balaban J connectivity index is 1.09. The van der Waals surface area contributed by atoms with Crippen molar-refractivity contribution in [2.75, 3.05) is 9.80 Å². The van der Waals surface area contributed by atoms with Crippen molar-refractivity contribution in [1.82, 2.24) is 0 Å². The Morgan fingerprint density at radius 2 is 0.764 bits per heavy atom. The number of fused-ring (bicyclic) bond motifs is 2. The first kappa shape index (κ1) is 32.3. The van der Waals surface area contributed by atoms with E-state index >= 15 is 0 Å². The molecular formula is C52H36N2O. The fourth-order valence-corrected chi connectivity index (χ4v) is 7.83. The van der Waals surface area contributed by atoms with Gasteiger partial charge in [-0.2, -0.15) is 0 Å². The SMILES string of the molecule is c1ccc(-c2ccc(N(c3ccc(-c4ccccc4)cc3)c3ccc4c5c(cccc35)-c3ccc(N(c5ccccc5)c5ccccc5)cc3O4)cc2)cc1. The Hall–Kier alpha value is -7.36. The minimum absolute atomic E-state index is 0.840. The van der Waals surface area contributed by atoms with E-state index in [1.807, 2.05) is 0 Å². The van der Waals surface area contributed by atoms with E-state index in [1.54, 1.807) is 0 Å². The van der Waals surface area contributed by atoms with Crippen LogP contribution in [0.2, 0.25) is 0 Å². The van der Waals surface area contributed by atoms with Crippen molar-refractivity contribution in [3.05, 3.63) is 218 Å². The maximum atomic E-state index is 6.84. The molecule has 10 rings (SSSR count). The second kappa shape index (κ2) is 13.9. The Morgan fingerprint density at radius 1 is 0.291 bits per heavy atom. The third-order valence-electron chi connectivity index (χ3n) is 10.4. The average Bonchev–Trinajstić information content (AvgIpc) is 3.26. The predicted molar refractivity (Wildman–Crippen MR) is 230 cm³/mol. The Morgan fingerprint density at radius 3 is 1.31 bits per heavy atom. The van der Waals surface area contributed by atoms with Crippen LogP contribution in [-0.4, -0.2) is 0 Å². The number of ether oxygens (including phenoxy) is 1. The third kappa shape index (κ3) is 5.98. The van der Waals surface area contributed by atoms with Crippen molar-refractivity contribution >= 4 is 44.9 Å². The Labute approximate surface area is 321 Å². The lowest BCUT2D eigenvalue weighted by molar-refractivity contribution is 0.487. The van der Waals surface area contributed by atoms with Crippen LogP contribution < -0.4 is 14.5 Å². The van der Waals surface area contributed by atoms with Gasteiger partial charge >= 0.3 is 0 Å². The largest absolute Gasteiger partial charge is 0.456 e. The Bertz CT molecular complexity index is 2630. The quantitative estimate of drug-likeness (QED) is 0.157. The highest BCUT2D eigenvalue weighted by Crippen LogP contribution is 2.52. The van der Waals surface area contributed by atoms with Gasteiger partial charge in [-0.05, 0) is 101 Å². The summed E-state index contributed by atoms with van der Waals surface area (Å²) >= 11 is 0. The minimum atomic E-state index is 0.840. The number of nitrogens with zero attached hydrogens (tertiary/aromatic N) is 2. The summed E-state index contributed by atoms with van der Waals surface area (Å²) in [5, 5.41) is 2.23. The van der Waals surface area contributed by atoms with Gasteiger partial charge in [0.2, 0.25) is 0 Å². The molecule has 0 spiro atoms. The molecule has 55 heavy (non-hydrogen) atoms.